The molecule has 0 aliphatic carbocycles. The van der Waals surface area contributed by atoms with E-state index < -0.39 is 29.7 Å². The highest BCUT2D eigenvalue weighted by Gasteiger charge is 2.45. The molecule has 7 rings (SSSR count). The first-order valence-electron chi connectivity index (χ1n) is 23.1. The van der Waals surface area contributed by atoms with E-state index in [9.17, 15) is 28.8 Å². The first-order valence-corrected chi connectivity index (χ1v) is 23.5. The van der Waals surface area contributed by atoms with Gasteiger partial charge in [-0.2, -0.15) is 4.98 Å². The predicted molar refractivity (Wildman–Crippen MR) is 256 cm³/mol. The number of pyridine rings is 1. The smallest absolute Gasteiger partial charge is 0.293 e. The molecular formula is C47H58ClN9O13. The number of ether oxygens (including phenoxy) is 7. The van der Waals surface area contributed by atoms with E-state index in [0.29, 0.717) is 126 Å². The van der Waals surface area contributed by atoms with Crippen molar-refractivity contribution in [1.29, 1.82) is 0 Å². The number of anilines is 4. The lowest BCUT2D eigenvalue weighted by Crippen LogP contribution is -2.54. The number of halogens is 1. The number of rotatable bonds is 27. The second-order valence-electron chi connectivity index (χ2n) is 16.3. The molecule has 2 aromatic heterocycles. The van der Waals surface area contributed by atoms with Gasteiger partial charge in [0.2, 0.25) is 17.8 Å². The van der Waals surface area contributed by atoms with Gasteiger partial charge < -0.3 is 58.6 Å². The number of imide groups is 2. The van der Waals surface area contributed by atoms with E-state index in [1.165, 1.54) is 11.6 Å². The Morgan fingerprint density at radius 3 is 2.17 bits per heavy atom. The number of amides is 5. The Morgan fingerprint density at radius 1 is 0.829 bits per heavy atom. The molecule has 2 aromatic carbocycles. The maximum Gasteiger partial charge on any atom is 0.293 e. The van der Waals surface area contributed by atoms with Crippen LogP contribution in [0.1, 0.15) is 46.4 Å². The molecule has 2 saturated heterocycles. The zero-order valence-electron chi connectivity index (χ0n) is 39.1. The van der Waals surface area contributed by atoms with Crippen molar-refractivity contribution < 1.29 is 57.1 Å². The fourth-order valence-corrected chi connectivity index (χ4v) is 8.12. The summed E-state index contributed by atoms with van der Waals surface area (Å²) in [6, 6.07) is 11.0. The summed E-state index contributed by atoms with van der Waals surface area (Å²) in [7, 11) is 3.14. The van der Waals surface area contributed by atoms with Crippen molar-refractivity contribution in [1.82, 2.24) is 30.1 Å². The second-order valence-corrected chi connectivity index (χ2v) is 16.7. The summed E-state index contributed by atoms with van der Waals surface area (Å²) in [5, 5.41) is 12.1. The first kappa shape index (κ1) is 51.6. The van der Waals surface area contributed by atoms with Crippen LogP contribution in [0.25, 0.3) is 10.9 Å². The number of aromatic nitrogens is 3. The molecule has 5 amide bonds. The lowest BCUT2D eigenvalue weighted by molar-refractivity contribution is -0.136. The zero-order chi connectivity index (χ0) is 49.4. The molecule has 3 aliphatic heterocycles. The summed E-state index contributed by atoms with van der Waals surface area (Å²) < 4.78 is 41.0. The van der Waals surface area contributed by atoms with Crippen LogP contribution in [0, 0.1) is 0 Å². The van der Waals surface area contributed by atoms with Crippen molar-refractivity contribution in [2.24, 2.45) is 7.05 Å². The number of aryl methyl sites for hydroxylation is 1. The maximum atomic E-state index is 13.2. The molecule has 376 valence electrons. The van der Waals surface area contributed by atoms with Crippen LogP contribution in [-0.4, -0.2) is 167 Å². The summed E-state index contributed by atoms with van der Waals surface area (Å²) in [4.78, 5) is 86.8. The van der Waals surface area contributed by atoms with Gasteiger partial charge in [0.25, 0.3) is 23.3 Å². The van der Waals surface area contributed by atoms with Crippen LogP contribution in [0.3, 0.4) is 0 Å². The van der Waals surface area contributed by atoms with Crippen LogP contribution >= 0.6 is 11.6 Å². The number of benzene rings is 2. The molecular weight excluding hydrogens is 934 g/mol. The Labute approximate surface area is 408 Å². The molecule has 5 heterocycles. The number of piperidine rings is 2. The van der Waals surface area contributed by atoms with Gasteiger partial charge in [0.15, 0.2) is 18.2 Å². The van der Waals surface area contributed by atoms with Crippen LogP contribution in [0.4, 0.5) is 23.1 Å². The van der Waals surface area contributed by atoms with E-state index in [1.807, 2.05) is 18.2 Å². The fraction of sp³-hybridized carbons (Fsp3) is 0.489. The number of carbonyl (C=O) groups excluding carboxylic acids is 5. The average molecular weight is 992 g/mol. The number of nitrogens with zero attached hydrogens (tertiary/aromatic N) is 5. The largest absolute Gasteiger partial charge is 0.478 e. The molecule has 0 spiro atoms. The van der Waals surface area contributed by atoms with E-state index in [4.69, 9.17) is 49.7 Å². The highest BCUT2D eigenvalue weighted by Crippen LogP contribution is 2.33. The summed E-state index contributed by atoms with van der Waals surface area (Å²) in [5.41, 5.74) is 1.91. The fourth-order valence-electron chi connectivity index (χ4n) is 7.98. The quantitative estimate of drug-likeness (QED) is 0.0495. The van der Waals surface area contributed by atoms with Crippen molar-refractivity contribution in [3.63, 3.8) is 0 Å². The Bertz CT molecular complexity index is 2560. The van der Waals surface area contributed by atoms with Gasteiger partial charge in [0.05, 0.1) is 102 Å². The summed E-state index contributed by atoms with van der Waals surface area (Å²) in [6.07, 6.45) is 3.40. The second kappa shape index (κ2) is 25.5. The lowest BCUT2D eigenvalue weighted by Gasteiger charge is -2.32. The SMILES string of the molecule is CNC(=O)COc1cc2cc(Nc3nc(N4CCC(OCCOCCOCCOCCOCCOCCNc5cccc6c5C(=O)N(C5CCC(=O)NC5=O)C6=O)CC4)ncc3Cl)ccc2n(C)c1=O. The van der Waals surface area contributed by atoms with Crippen molar-refractivity contribution in [2.75, 3.05) is 121 Å². The summed E-state index contributed by atoms with van der Waals surface area (Å²) in [6.45, 7) is 6.01. The van der Waals surface area contributed by atoms with Gasteiger partial charge in [-0.25, -0.2) is 4.98 Å². The third kappa shape index (κ3) is 13.5. The topological polar surface area (TPSA) is 252 Å². The highest BCUT2D eigenvalue weighted by atomic mass is 35.5. The molecule has 0 radical (unpaired) electrons. The summed E-state index contributed by atoms with van der Waals surface area (Å²) in [5.74, 6) is -1.50. The van der Waals surface area contributed by atoms with Crippen LogP contribution in [0.2, 0.25) is 5.02 Å². The average Bonchev–Trinajstić information content (AvgIpc) is 3.62. The number of nitrogens with one attached hydrogen (secondary N) is 4. The van der Waals surface area contributed by atoms with Gasteiger partial charge in [0, 0.05) is 56.9 Å². The van der Waals surface area contributed by atoms with E-state index >= 15 is 0 Å². The highest BCUT2D eigenvalue weighted by molar-refractivity contribution is 6.33. The van der Waals surface area contributed by atoms with Crippen molar-refractivity contribution in [2.45, 2.75) is 37.8 Å². The van der Waals surface area contributed by atoms with E-state index in [0.717, 1.165) is 23.1 Å². The van der Waals surface area contributed by atoms with E-state index in [1.54, 1.807) is 37.5 Å². The van der Waals surface area contributed by atoms with Gasteiger partial charge in [-0.15, -0.1) is 0 Å². The Morgan fingerprint density at radius 2 is 1.50 bits per heavy atom. The third-order valence-corrected chi connectivity index (χ3v) is 11.9. The predicted octanol–water partition coefficient (Wildman–Crippen LogP) is 2.43. The summed E-state index contributed by atoms with van der Waals surface area (Å²) >= 11 is 6.51. The molecule has 0 bridgehead atoms. The Balaban J connectivity index is 0.677. The van der Waals surface area contributed by atoms with Crippen LogP contribution in [0.15, 0.2) is 53.5 Å². The molecule has 0 saturated carbocycles. The number of carbonyl (C=O) groups is 5. The molecule has 22 nitrogen and oxygen atoms in total. The van der Waals surface area contributed by atoms with Crippen LogP contribution in [0.5, 0.6) is 5.75 Å². The van der Waals surface area contributed by atoms with Gasteiger partial charge in [-0.1, -0.05) is 17.7 Å². The number of likely N-dealkylation sites (N-methyl/N-ethyl adjacent to an activating group) is 1. The van der Waals surface area contributed by atoms with Crippen LogP contribution < -0.4 is 36.5 Å². The van der Waals surface area contributed by atoms with Gasteiger partial charge in [-0.3, -0.25) is 39.0 Å². The van der Waals surface area contributed by atoms with E-state index in [2.05, 4.69) is 31.2 Å². The van der Waals surface area contributed by atoms with Gasteiger partial charge >= 0.3 is 0 Å². The van der Waals surface area contributed by atoms with Crippen molar-refractivity contribution in [3.05, 3.63) is 75.2 Å². The zero-order valence-corrected chi connectivity index (χ0v) is 39.9. The molecule has 4 aromatic rings. The minimum absolute atomic E-state index is 0.0563. The minimum atomic E-state index is -1.02. The van der Waals surface area contributed by atoms with Gasteiger partial charge in [0.1, 0.15) is 11.1 Å². The van der Waals surface area contributed by atoms with Crippen LogP contribution in [-0.2, 0) is 49.9 Å². The van der Waals surface area contributed by atoms with E-state index in [-0.39, 0.29) is 53.9 Å². The maximum absolute atomic E-state index is 13.2. The van der Waals surface area contributed by atoms with Gasteiger partial charge in [-0.05, 0) is 55.7 Å². The minimum Gasteiger partial charge on any atom is -0.478 e. The molecule has 1 atom stereocenters. The van der Waals surface area contributed by atoms with Crippen molar-refractivity contribution in [3.8, 4) is 5.75 Å². The number of fused-ring (bicyclic) bond motifs is 2. The first-order chi connectivity index (χ1) is 34.0. The third-order valence-electron chi connectivity index (χ3n) is 11.6. The monoisotopic (exact) mass is 991 g/mol. The standard InChI is InChI=1S/C47H58ClN9O13/c1-49-40(59)29-70-38-27-30-26-31(6-7-36(30)55(2)45(38)62)52-42-34(48)28-51-47(54-42)56-13-10-32(11-14-56)69-25-24-68-23-22-67-21-20-66-19-18-65-17-16-64-15-12-50-35-5-3-4-33-41(35)46(63)57(44(33)61)37-8-9-39(58)53-43(37)60/h3-7,26-28,32,37,50H,8-25,29H2,1-2H3,(H,49,59)(H,51,52,54)(H,53,58,60). The van der Waals surface area contributed by atoms with Crippen molar-refractivity contribution >= 4 is 75.2 Å². The molecule has 70 heavy (non-hydrogen) atoms. The molecule has 23 heteroatoms. The Hall–Kier alpha value is -6.27. The molecule has 1 unspecified atom stereocenters. The number of hydrogen-bond acceptors (Lipinski definition) is 18. The Kier molecular flexibility index (Phi) is 18.8. The molecule has 2 fully saturated rings. The molecule has 4 N–H and O–H groups in total. The normalized spacial score (nSPS) is 16.2. The number of hydrogen-bond donors (Lipinski definition) is 4. The lowest BCUT2D eigenvalue weighted by atomic mass is 10.0. The molecule has 3 aliphatic rings.